The van der Waals surface area contributed by atoms with Crippen molar-refractivity contribution in [2.24, 2.45) is 13.0 Å². The number of benzene rings is 4. The minimum atomic E-state index is -0.725. The lowest BCUT2D eigenvalue weighted by molar-refractivity contribution is -0.135. The molecular formula is C40H41FN8O6S. The van der Waals surface area contributed by atoms with Gasteiger partial charge in [0.25, 0.3) is 5.91 Å². The molecule has 0 aliphatic carbocycles. The number of piperidine rings is 2. The number of halogens is 1. The van der Waals surface area contributed by atoms with Crippen molar-refractivity contribution in [3.63, 3.8) is 0 Å². The number of fused-ring (bicyclic) bond motifs is 2. The van der Waals surface area contributed by atoms with E-state index in [0.29, 0.717) is 34.4 Å². The Morgan fingerprint density at radius 3 is 2.50 bits per heavy atom. The molecule has 3 saturated heterocycles. The maximum atomic E-state index is 16.1. The second kappa shape index (κ2) is 15.6. The van der Waals surface area contributed by atoms with Crippen LogP contribution < -0.4 is 40.3 Å². The summed E-state index contributed by atoms with van der Waals surface area (Å²) in [6.07, 6.45) is 3.16. The Bertz CT molecular complexity index is 2410. The molecule has 1 atom stereocenters. The number of imide groups is 1. The van der Waals surface area contributed by atoms with Gasteiger partial charge in [-0.05, 0) is 85.0 Å². The Labute approximate surface area is 325 Å². The van der Waals surface area contributed by atoms with Crippen LogP contribution in [0.25, 0.3) is 21.8 Å². The molecule has 0 radical (unpaired) electrons. The SMILES string of the molecule is Cn1c(=O)n(C2CCC(=O)NC2=O)c2ccc(N3CCC(CCNC(=O)Nc4ccc5c(F)c(N6CC(=O)NS6)c(OCc6ccccc6)cc5c4)CC3)cc21. The number of ether oxygens (including phenoxy) is 1. The fourth-order valence-electron chi connectivity index (χ4n) is 7.73. The zero-order valence-corrected chi connectivity index (χ0v) is 31.5. The van der Waals surface area contributed by atoms with Gasteiger partial charge in [0, 0.05) is 49.9 Å². The lowest BCUT2D eigenvalue weighted by Crippen LogP contribution is -2.44. The minimum absolute atomic E-state index is 0.0159. The van der Waals surface area contributed by atoms with Crippen molar-refractivity contribution in [3.05, 3.63) is 94.7 Å². The van der Waals surface area contributed by atoms with E-state index in [4.69, 9.17) is 4.74 Å². The summed E-state index contributed by atoms with van der Waals surface area (Å²) in [5.74, 6) is -0.832. The molecule has 0 spiro atoms. The summed E-state index contributed by atoms with van der Waals surface area (Å²) in [5, 5.41) is 9.04. The van der Waals surface area contributed by atoms with E-state index in [-0.39, 0.29) is 61.0 Å². The van der Waals surface area contributed by atoms with E-state index < -0.39 is 17.8 Å². The predicted molar refractivity (Wildman–Crippen MR) is 213 cm³/mol. The normalized spacial score (nSPS) is 17.7. The first-order valence-electron chi connectivity index (χ1n) is 18.6. The molecule has 16 heteroatoms. The highest BCUT2D eigenvalue weighted by Gasteiger charge is 2.32. The van der Waals surface area contributed by atoms with Crippen LogP contribution >= 0.6 is 12.1 Å². The van der Waals surface area contributed by atoms with Crippen molar-refractivity contribution in [1.29, 1.82) is 0 Å². The van der Waals surface area contributed by atoms with Crippen molar-refractivity contribution >= 4 is 74.8 Å². The van der Waals surface area contributed by atoms with Gasteiger partial charge in [-0.2, -0.15) is 0 Å². The molecule has 56 heavy (non-hydrogen) atoms. The molecule has 290 valence electrons. The van der Waals surface area contributed by atoms with Crippen molar-refractivity contribution in [1.82, 2.24) is 24.5 Å². The lowest BCUT2D eigenvalue weighted by atomic mass is 9.93. The Balaban J connectivity index is 0.864. The predicted octanol–water partition coefficient (Wildman–Crippen LogP) is 5.12. The van der Waals surface area contributed by atoms with Gasteiger partial charge in [0.05, 0.1) is 23.2 Å². The first-order valence-corrected chi connectivity index (χ1v) is 19.4. The zero-order chi connectivity index (χ0) is 38.9. The number of aryl methyl sites for hydroxylation is 1. The number of nitrogens with zero attached hydrogens (tertiary/aromatic N) is 4. The number of hydrogen-bond acceptors (Lipinski definition) is 9. The third-order valence-corrected chi connectivity index (χ3v) is 11.6. The molecule has 3 aliphatic heterocycles. The summed E-state index contributed by atoms with van der Waals surface area (Å²) in [4.78, 5) is 64.6. The number of carbonyl (C=O) groups excluding carboxylic acids is 4. The highest BCUT2D eigenvalue weighted by Crippen LogP contribution is 2.41. The molecule has 5 aromatic rings. The van der Waals surface area contributed by atoms with Crippen LogP contribution in [0.5, 0.6) is 5.75 Å². The standard InChI is InChI=1S/C40H41FN8O6S/c1-46-32-21-28(8-10-30(32)49(40(46)54)31-11-12-34(50)44-38(31)52)47-17-14-24(15-18-47)13-16-42-39(53)43-27-7-9-29-26(19-27)20-33(55-23-25-5-3-2-4-6-25)37(36(29)41)48-22-35(51)45-56-48/h2-10,19-21,24,31H,11-18,22-23H2,1H3,(H,45,51)(H2,42,43,53)(H,44,50,52). The molecule has 3 fully saturated rings. The molecule has 4 N–H and O–H groups in total. The minimum Gasteiger partial charge on any atom is -0.487 e. The molecule has 3 aliphatic rings. The van der Waals surface area contributed by atoms with Gasteiger partial charge in [-0.25, -0.2) is 14.0 Å². The molecule has 4 heterocycles. The van der Waals surface area contributed by atoms with Crippen LogP contribution in [0.3, 0.4) is 0 Å². The number of urea groups is 1. The largest absolute Gasteiger partial charge is 0.487 e. The third-order valence-electron chi connectivity index (χ3n) is 10.7. The molecule has 4 aromatic carbocycles. The average Bonchev–Trinajstić information content (AvgIpc) is 3.73. The number of rotatable bonds is 10. The quantitative estimate of drug-likeness (QED) is 0.112. The third kappa shape index (κ3) is 7.48. The fraction of sp³-hybridized carbons (Fsp3) is 0.325. The summed E-state index contributed by atoms with van der Waals surface area (Å²) < 4.78 is 29.4. The van der Waals surface area contributed by atoms with Gasteiger partial charge in [-0.15, -0.1) is 0 Å². The van der Waals surface area contributed by atoms with Crippen LogP contribution in [0.2, 0.25) is 0 Å². The summed E-state index contributed by atoms with van der Waals surface area (Å²) in [6, 6.07) is 21.0. The molecule has 8 rings (SSSR count). The number of hydrogen-bond donors (Lipinski definition) is 4. The smallest absolute Gasteiger partial charge is 0.329 e. The van der Waals surface area contributed by atoms with Crippen LogP contribution in [-0.2, 0) is 28.0 Å². The Morgan fingerprint density at radius 2 is 1.75 bits per heavy atom. The summed E-state index contributed by atoms with van der Waals surface area (Å²) in [7, 11) is 1.69. The molecule has 1 unspecified atom stereocenters. The van der Waals surface area contributed by atoms with E-state index in [1.54, 1.807) is 35.9 Å². The number of nitrogens with one attached hydrogen (secondary N) is 4. The lowest BCUT2D eigenvalue weighted by Gasteiger charge is -2.33. The second-order valence-corrected chi connectivity index (χ2v) is 15.2. The van der Waals surface area contributed by atoms with Crippen molar-refractivity contribution in [2.45, 2.75) is 44.8 Å². The zero-order valence-electron chi connectivity index (χ0n) is 30.7. The highest BCUT2D eigenvalue weighted by atomic mass is 32.2. The van der Waals surface area contributed by atoms with Crippen LogP contribution in [-0.4, -0.2) is 59.1 Å². The van der Waals surface area contributed by atoms with Crippen molar-refractivity contribution in [3.8, 4) is 5.75 Å². The van der Waals surface area contributed by atoms with E-state index in [2.05, 4.69) is 25.6 Å². The van der Waals surface area contributed by atoms with Crippen LogP contribution in [0.15, 0.2) is 77.6 Å². The maximum Gasteiger partial charge on any atom is 0.329 e. The van der Waals surface area contributed by atoms with Crippen LogP contribution in [0, 0.1) is 11.7 Å². The first kappa shape index (κ1) is 36.9. The number of amides is 5. The van der Waals surface area contributed by atoms with E-state index in [9.17, 15) is 24.0 Å². The van der Waals surface area contributed by atoms with Gasteiger partial charge >= 0.3 is 11.7 Å². The number of anilines is 3. The molecule has 0 saturated carbocycles. The van der Waals surface area contributed by atoms with Gasteiger partial charge in [0.2, 0.25) is 11.8 Å². The van der Waals surface area contributed by atoms with E-state index in [1.165, 1.54) is 8.87 Å². The number of aromatic nitrogens is 2. The Morgan fingerprint density at radius 1 is 0.946 bits per heavy atom. The Hall–Kier alpha value is -6.03. The number of imidazole rings is 1. The van der Waals surface area contributed by atoms with Gasteiger partial charge in [-0.1, -0.05) is 30.3 Å². The van der Waals surface area contributed by atoms with E-state index >= 15 is 4.39 Å². The maximum absolute atomic E-state index is 16.1. The van der Waals surface area contributed by atoms with Crippen LogP contribution in [0.1, 0.15) is 43.7 Å². The van der Waals surface area contributed by atoms with E-state index in [0.717, 1.165) is 61.3 Å². The molecule has 14 nitrogen and oxygen atoms in total. The molecule has 0 bridgehead atoms. The summed E-state index contributed by atoms with van der Waals surface area (Å²) in [6.45, 7) is 2.32. The topological polar surface area (TPSA) is 159 Å². The highest BCUT2D eigenvalue weighted by molar-refractivity contribution is 7.99. The number of carbonyl (C=O) groups is 4. The van der Waals surface area contributed by atoms with Crippen molar-refractivity contribution < 1.29 is 28.3 Å². The monoisotopic (exact) mass is 780 g/mol. The molecular weight excluding hydrogens is 740 g/mol. The molecule has 5 amide bonds. The Kier molecular flexibility index (Phi) is 10.3. The van der Waals surface area contributed by atoms with Gasteiger partial charge < -0.3 is 20.3 Å². The van der Waals surface area contributed by atoms with Gasteiger partial charge in [0.15, 0.2) is 5.82 Å². The van der Waals surface area contributed by atoms with Gasteiger partial charge in [-0.3, -0.25) is 37.9 Å². The van der Waals surface area contributed by atoms with Crippen LogP contribution in [0.4, 0.5) is 26.2 Å². The first-order chi connectivity index (χ1) is 27.1. The summed E-state index contributed by atoms with van der Waals surface area (Å²) in [5.41, 5.74) is 3.67. The fourth-order valence-corrected chi connectivity index (χ4v) is 8.45. The van der Waals surface area contributed by atoms with E-state index in [1.807, 2.05) is 48.5 Å². The summed E-state index contributed by atoms with van der Waals surface area (Å²) >= 11 is 1.01. The molecule has 1 aromatic heterocycles. The average molecular weight is 781 g/mol. The van der Waals surface area contributed by atoms with Crippen molar-refractivity contribution in [2.75, 3.05) is 40.7 Å². The van der Waals surface area contributed by atoms with Gasteiger partial charge in [0.1, 0.15) is 30.6 Å². The second-order valence-electron chi connectivity index (χ2n) is 14.4.